The van der Waals surface area contributed by atoms with Crippen molar-refractivity contribution in [3.05, 3.63) is 0 Å². The zero-order valence-electron chi connectivity index (χ0n) is 17.5. The Kier molecular flexibility index (Phi) is 3.94. The molecule has 5 nitrogen and oxygen atoms in total. The second-order valence-electron chi connectivity index (χ2n) is 11.2. The van der Waals surface area contributed by atoms with E-state index in [0.717, 1.165) is 32.1 Å². The van der Waals surface area contributed by atoms with Crippen LogP contribution < -0.4 is 0 Å². The molecule has 0 radical (unpaired) electrons. The highest BCUT2D eigenvalue weighted by Crippen LogP contribution is 2.70. The lowest BCUT2D eigenvalue weighted by Gasteiger charge is -2.66. The molecule has 5 heteroatoms. The molecule has 0 amide bonds. The third-order valence-electron chi connectivity index (χ3n) is 9.99. The third kappa shape index (κ3) is 2.31. The zero-order valence-corrected chi connectivity index (χ0v) is 17.5. The van der Waals surface area contributed by atoms with E-state index < -0.39 is 11.6 Å². The first-order chi connectivity index (χ1) is 13.4. The van der Waals surface area contributed by atoms with Gasteiger partial charge in [0.05, 0.1) is 32.5 Å². The van der Waals surface area contributed by atoms with Gasteiger partial charge in [-0.2, -0.15) is 0 Å². The molecule has 6 rings (SSSR count). The molecule has 0 aromatic rings. The number of aliphatic hydroxyl groups excluding tert-OH is 1. The van der Waals surface area contributed by atoms with Crippen LogP contribution in [0.2, 0.25) is 0 Å². The second-order valence-corrected chi connectivity index (χ2v) is 11.2. The first kappa shape index (κ1) is 18.6. The van der Waals surface area contributed by atoms with E-state index in [2.05, 4.69) is 13.8 Å². The molecule has 1 N–H and O–H groups in total. The number of rotatable bonds is 0. The van der Waals surface area contributed by atoms with Gasteiger partial charge in [-0.1, -0.05) is 20.3 Å². The van der Waals surface area contributed by atoms with Crippen LogP contribution in [0.15, 0.2) is 0 Å². The summed E-state index contributed by atoms with van der Waals surface area (Å²) < 4.78 is 25.2. The van der Waals surface area contributed by atoms with E-state index in [1.165, 1.54) is 19.3 Å². The highest BCUT2D eigenvalue weighted by molar-refractivity contribution is 5.16. The lowest BCUT2D eigenvalue weighted by Crippen LogP contribution is -2.67. The van der Waals surface area contributed by atoms with Crippen molar-refractivity contribution < 1.29 is 24.1 Å². The first-order valence-corrected chi connectivity index (χ1v) is 11.6. The minimum absolute atomic E-state index is 0.106. The summed E-state index contributed by atoms with van der Waals surface area (Å²) in [6.45, 7) is 7.64. The maximum absolute atomic E-state index is 11.5. The van der Waals surface area contributed by atoms with Gasteiger partial charge in [0.2, 0.25) is 0 Å². The molecule has 28 heavy (non-hydrogen) atoms. The minimum atomic E-state index is -0.510. The summed E-state index contributed by atoms with van der Waals surface area (Å²) in [5.41, 5.74) is 0.342. The molecule has 0 aromatic heterocycles. The van der Waals surface area contributed by atoms with Gasteiger partial charge in [-0.3, -0.25) is 0 Å². The molecule has 2 saturated heterocycles. The maximum Gasteiger partial charge on any atom is 0.172 e. The molecule has 0 aromatic carbocycles. The second kappa shape index (κ2) is 5.94. The average Bonchev–Trinajstić information content (AvgIpc) is 3.37. The van der Waals surface area contributed by atoms with Crippen LogP contribution in [0.1, 0.15) is 65.2 Å². The lowest BCUT2D eigenvalue weighted by atomic mass is 9.42. The van der Waals surface area contributed by atoms with Gasteiger partial charge in [0.1, 0.15) is 0 Å². The SMILES string of the molecule is C[C@]12CCC[C@@H]1[C@@H]1[C@H]([C@@H](O)C2)[C@@]2(C)CCC3(C[C@@H]2CC12OCCO2)OCCO3. The quantitative estimate of drug-likeness (QED) is 0.684. The van der Waals surface area contributed by atoms with Gasteiger partial charge in [-0.15, -0.1) is 0 Å². The van der Waals surface area contributed by atoms with Crippen LogP contribution in [0.4, 0.5) is 0 Å². The molecule has 4 aliphatic carbocycles. The van der Waals surface area contributed by atoms with Gasteiger partial charge in [0, 0.05) is 25.2 Å². The van der Waals surface area contributed by atoms with Gasteiger partial charge >= 0.3 is 0 Å². The molecule has 7 atom stereocenters. The summed E-state index contributed by atoms with van der Waals surface area (Å²) in [5.74, 6) is 0.652. The van der Waals surface area contributed by atoms with E-state index in [-0.39, 0.29) is 22.9 Å². The van der Waals surface area contributed by atoms with Gasteiger partial charge < -0.3 is 24.1 Å². The smallest absolute Gasteiger partial charge is 0.172 e. The van der Waals surface area contributed by atoms with Crippen molar-refractivity contribution >= 4 is 0 Å². The Balaban J connectivity index is 1.43. The number of hydrogen-bond acceptors (Lipinski definition) is 5. The predicted octanol–water partition coefficient (Wildman–Crippen LogP) is 3.49. The number of fused-ring (bicyclic) bond motifs is 6. The number of aliphatic hydroxyl groups is 1. The van der Waals surface area contributed by atoms with Crippen LogP contribution >= 0.6 is 0 Å². The van der Waals surface area contributed by atoms with E-state index in [0.29, 0.717) is 44.2 Å². The van der Waals surface area contributed by atoms with Crippen molar-refractivity contribution in [3.63, 3.8) is 0 Å². The monoisotopic (exact) mass is 392 g/mol. The van der Waals surface area contributed by atoms with E-state index in [1.807, 2.05) is 0 Å². The van der Waals surface area contributed by atoms with Gasteiger partial charge in [-0.05, 0) is 54.3 Å². The molecule has 6 aliphatic rings. The summed E-state index contributed by atoms with van der Waals surface area (Å²) in [6.07, 6.45) is 8.31. The summed E-state index contributed by atoms with van der Waals surface area (Å²) in [7, 11) is 0. The van der Waals surface area contributed by atoms with E-state index in [9.17, 15) is 5.11 Å². The maximum atomic E-state index is 11.5. The Bertz CT molecular complexity index is 639. The molecule has 4 saturated carbocycles. The Morgan fingerprint density at radius 3 is 2.25 bits per heavy atom. The molecule has 6 fully saturated rings. The fraction of sp³-hybridized carbons (Fsp3) is 1.00. The largest absolute Gasteiger partial charge is 0.393 e. The van der Waals surface area contributed by atoms with Crippen LogP contribution in [0.5, 0.6) is 0 Å². The zero-order chi connectivity index (χ0) is 19.2. The van der Waals surface area contributed by atoms with Crippen LogP contribution in [0.3, 0.4) is 0 Å². The van der Waals surface area contributed by atoms with Crippen molar-refractivity contribution in [1.82, 2.24) is 0 Å². The van der Waals surface area contributed by atoms with Gasteiger partial charge in [0.15, 0.2) is 11.6 Å². The summed E-state index contributed by atoms with van der Waals surface area (Å²) in [5, 5.41) is 11.5. The minimum Gasteiger partial charge on any atom is -0.393 e. The Labute approximate surface area is 168 Å². The van der Waals surface area contributed by atoms with Crippen molar-refractivity contribution in [1.29, 1.82) is 0 Å². The normalized spacial score (nSPS) is 53.9. The van der Waals surface area contributed by atoms with Crippen molar-refractivity contribution in [2.45, 2.75) is 82.9 Å². The standard InChI is InChI=1S/C23H36O5/c1-20-5-3-4-16(20)18-19(17(24)14-20)21(2)6-7-22(25-8-9-26-22)12-15(21)13-23(18)27-10-11-28-23/h15-19,24H,3-14H2,1-2H3/t15-,16-,17+,18-,19+,20-,21+/m1/s1. The first-order valence-electron chi connectivity index (χ1n) is 11.6. The highest BCUT2D eigenvalue weighted by atomic mass is 16.7. The summed E-state index contributed by atoms with van der Waals surface area (Å²) in [4.78, 5) is 0. The molecular formula is C23H36O5. The van der Waals surface area contributed by atoms with Crippen molar-refractivity contribution in [3.8, 4) is 0 Å². The van der Waals surface area contributed by atoms with Gasteiger partial charge in [0.25, 0.3) is 0 Å². The van der Waals surface area contributed by atoms with Crippen LogP contribution in [0, 0.1) is 34.5 Å². The Morgan fingerprint density at radius 2 is 1.50 bits per heavy atom. The van der Waals surface area contributed by atoms with Crippen LogP contribution in [-0.4, -0.2) is 49.2 Å². The molecule has 2 spiro atoms. The number of ether oxygens (including phenoxy) is 4. The molecule has 0 bridgehead atoms. The summed E-state index contributed by atoms with van der Waals surface area (Å²) >= 11 is 0. The van der Waals surface area contributed by atoms with Crippen LogP contribution in [-0.2, 0) is 18.9 Å². The lowest BCUT2D eigenvalue weighted by molar-refractivity contribution is -0.327. The fourth-order valence-corrected chi connectivity index (χ4v) is 8.79. The van der Waals surface area contributed by atoms with E-state index >= 15 is 0 Å². The van der Waals surface area contributed by atoms with Gasteiger partial charge in [-0.25, -0.2) is 0 Å². The molecule has 2 heterocycles. The van der Waals surface area contributed by atoms with Crippen molar-refractivity contribution in [2.24, 2.45) is 34.5 Å². The Hall–Kier alpha value is -0.200. The molecule has 2 aliphatic heterocycles. The topological polar surface area (TPSA) is 57.2 Å². The van der Waals surface area contributed by atoms with E-state index in [1.54, 1.807) is 0 Å². The predicted molar refractivity (Wildman–Crippen MR) is 102 cm³/mol. The third-order valence-corrected chi connectivity index (χ3v) is 9.99. The fourth-order valence-electron chi connectivity index (χ4n) is 8.79. The molecular weight excluding hydrogens is 356 g/mol. The Morgan fingerprint density at radius 1 is 0.786 bits per heavy atom. The molecule has 0 unspecified atom stereocenters. The summed E-state index contributed by atoms with van der Waals surface area (Å²) in [6, 6.07) is 0. The van der Waals surface area contributed by atoms with Crippen molar-refractivity contribution in [2.75, 3.05) is 26.4 Å². The highest BCUT2D eigenvalue weighted by Gasteiger charge is 2.70. The number of hydrogen-bond donors (Lipinski definition) is 1. The molecule has 158 valence electrons. The van der Waals surface area contributed by atoms with E-state index in [4.69, 9.17) is 18.9 Å². The van der Waals surface area contributed by atoms with Crippen LogP contribution in [0.25, 0.3) is 0 Å². The average molecular weight is 393 g/mol.